The van der Waals surface area contributed by atoms with Crippen molar-refractivity contribution in [2.75, 3.05) is 37.4 Å². The fourth-order valence-electron chi connectivity index (χ4n) is 4.80. The van der Waals surface area contributed by atoms with Crippen molar-refractivity contribution in [3.05, 3.63) is 83.4 Å². The first-order chi connectivity index (χ1) is 21.1. The Hall–Kier alpha value is -4.14. The molecule has 14 heteroatoms. The second-order valence-corrected chi connectivity index (χ2v) is 13.1. The molecule has 242 valence electrons. The van der Waals surface area contributed by atoms with Crippen LogP contribution in [0.3, 0.4) is 0 Å². The summed E-state index contributed by atoms with van der Waals surface area (Å²) >= 11 is 0. The first-order valence-corrected chi connectivity index (χ1v) is 15.5. The van der Waals surface area contributed by atoms with Gasteiger partial charge in [-0.25, -0.2) is 13.2 Å². The van der Waals surface area contributed by atoms with E-state index in [0.717, 1.165) is 29.8 Å². The number of sulfonamides is 1. The van der Waals surface area contributed by atoms with E-state index in [1.54, 1.807) is 19.1 Å². The van der Waals surface area contributed by atoms with Gasteiger partial charge in [0, 0.05) is 30.9 Å². The molecule has 45 heavy (non-hydrogen) atoms. The molecule has 0 aliphatic carbocycles. The van der Waals surface area contributed by atoms with E-state index in [9.17, 15) is 36.3 Å². The lowest BCUT2D eigenvalue weighted by Crippen LogP contribution is -2.50. The zero-order valence-corrected chi connectivity index (χ0v) is 25.9. The Labute approximate surface area is 259 Å². The molecule has 0 saturated heterocycles. The summed E-state index contributed by atoms with van der Waals surface area (Å²) in [5.74, 6) is -0.662. The molecule has 0 aromatic heterocycles. The summed E-state index contributed by atoms with van der Waals surface area (Å²) in [6, 6.07) is 13.4. The number of carbonyl (C=O) groups excluding carboxylic acids is 2. The molecule has 0 fully saturated rings. The number of urea groups is 1. The number of benzene rings is 3. The second kappa shape index (κ2) is 13.5. The van der Waals surface area contributed by atoms with E-state index >= 15 is 0 Å². The number of aliphatic hydroxyl groups is 1. The number of amides is 3. The van der Waals surface area contributed by atoms with Crippen LogP contribution in [0.5, 0.6) is 5.75 Å². The summed E-state index contributed by atoms with van der Waals surface area (Å²) in [7, 11) is -2.40. The zero-order chi connectivity index (χ0) is 33.1. The molecule has 1 aliphatic rings. The Morgan fingerprint density at radius 3 is 2.27 bits per heavy atom. The number of halogens is 3. The van der Waals surface area contributed by atoms with Crippen LogP contribution in [0.15, 0.2) is 71.6 Å². The van der Waals surface area contributed by atoms with Crippen molar-refractivity contribution in [1.82, 2.24) is 9.21 Å². The van der Waals surface area contributed by atoms with Crippen molar-refractivity contribution in [3.63, 3.8) is 0 Å². The van der Waals surface area contributed by atoms with E-state index < -0.39 is 45.8 Å². The molecule has 0 radical (unpaired) electrons. The van der Waals surface area contributed by atoms with Gasteiger partial charge in [0.2, 0.25) is 10.0 Å². The Morgan fingerprint density at radius 1 is 1.07 bits per heavy atom. The Kier molecular flexibility index (Phi) is 10.1. The molecule has 4 rings (SSSR count). The summed E-state index contributed by atoms with van der Waals surface area (Å²) in [5, 5.41) is 14.9. The SMILES string of the molecule is Cc1ccc(S(=O)(=O)N(C)C[C@@H]2Oc3ccc(NC(=O)Nc4ccc(C(F)(F)F)cc4)cc3C(=O)N([C@@H](C)CO)C[C@H]2C)cc1. The second-order valence-electron chi connectivity index (χ2n) is 11.1. The predicted octanol–water partition coefficient (Wildman–Crippen LogP) is 5.20. The van der Waals surface area contributed by atoms with Gasteiger partial charge in [-0.1, -0.05) is 24.6 Å². The highest BCUT2D eigenvalue weighted by Crippen LogP contribution is 2.32. The van der Waals surface area contributed by atoms with Crippen LogP contribution in [-0.4, -0.2) is 73.6 Å². The van der Waals surface area contributed by atoms with Crippen molar-refractivity contribution >= 4 is 33.3 Å². The fraction of sp³-hybridized carbons (Fsp3) is 0.355. The predicted molar refractivity (Wildman–Crippen MR) is 163 cm³/mol. The number of hydrogen-bond acceptors (Lipinski definition) is 6. The maximum atomic E-state index is 13.7. The van der Waals surface area contributed by atoms with Gasteiger partial charge in [0.05, 0.1) is 35.2 Å². The third-order valence-electron chi connectivity index (χ3n) is 7.56. The van der Waals surface area contributed by atoms with Crippen molar-refractivity contribution in [3.8, 4) is 5.75 Å². The summed E-state index contributed by atoms with van der Waals surface area (Å²) in [5.41, 5.74) is 0.441. The molecule has 1 heterocycles. The van der Waals surface area contributed by atoms with Crippen LogP contribution in [0.4, 0.5) is 29.3 Å². The molecular weight excluding hydrogens is 613 g/mol. The number of aliphatic hydroxyl groups excluding tert-OH is 1. The summed E-state index contributed by atoms with van der Waals surface area (Å²) in [6.07, 6.45) is -5.21. The van der Waals surface area contributed by atoms with Crippen LogP contribution in [0.2, 0.25) is 0 Å². The number of fused-ring (bicyclic) bond motifs is 1. The van der Waals surface area contributed by atoms with Gasteiger partial charge >= 0.3 is 12.2 Å². The quantitative estimate of drug-likeness (QED) is 0.308. The average molecular weight is 649 g/mol. The average Bonchev–Trinajstić information content (AvgIpc) is 2.98. The number of likely N-dealkylation sites (N-methyl/N-ethyl adjacent to an activating group) is 1. The van der Waals surface area contributed by atoms with Gasteiger partial charge in [-0.15, -0.1) is 0 Å². The van der Waals surface area contributed by atoms with E-state index in [4.69, 9.17) is 4.74 Å². The number of rotatable bonds is 8. The van der Waals surface area contributed by atoms with Crippen molar-refractivity contribution in [1.29, 1.82) is 0 Å². The molecule has 0 saturated carbocycles. The molecule has 10 nitrogen and oxygen atoms in total. The molecule has 3 amide bonds. The van der Waals surface area contributed by atoms with Gasteiger partial charge in [-0.05, 0) is 68.4 Å². The minimum absolute atomic E-state index is 0.0398. The van der Waals surface area contributed by atoms with Crippen molar-refractivity contribution < 1.29 is 41.0 Å². The lowest BCUT2D eigenvalue weighted by Gasteiger charge is -2.38. The van der Waals surface area contributed by atoms with Gasteiger partial charge in [-0.3, -0.25) is 4.79 Å². The number of alkyl halides is 3. The van der Waals surface area contributed by atoms with Crippen LogP contribution in [0.1, 0.15) is 35.3 Å². The van der Waals surface area contributed by atoms with Gasteiger partial charge in [0.25, 0.3) is 5.91 Å². The highest BCUT2D eigenvalue weighted by Gasteiger charge is 2.35. The minimum atomic E-state index is -4.51. The van der Waals surface area contributed by atoms with Crippen LogP contribution >= 0.6 is 0 Å². The normalized spacial score (nSPS) is 18.0. The van der Waals surface area contributed by atoms with E-state index in [1.165, 1.54) is 46.6 Å². The molecule has 3 atom stereocenters. The van der Waals surface area contributed by atoms with Crippen molar-refractivity contribution in [2.24, 2.45) is 5.92 Å². The number of nitrogens with one attached hydrogen (secondary N) is 2. The molecule has 3 aromatic carbocycles. The van der Waals surface area contributed by atoms with Gasteiger partial charge in [0.15, 0.2) is 0 Å². The van der Waals surface area contributed by atoms with Crippen LogP contribution in [0.25, 0.3) is 0 Å². The zero-order valence-electron chi connectivity index (χ0n) is 25.1. The van der Waals surface area contributed by atoms with Gasteiger partial charge in [-0.2, -0.15) is 17.5 Å². The molecular formula is C31H35F3N4O6S. The third-order valence-corrected chi connectivity index (χ3v) is 9.40. The maximum absolute atomic E-state index is 13.7. The van der Waals surface area contributed by atoms with E-state index in [2.05, 4.69) is 10.6 Å². The third kappa shape index (κ3) is 7.93. The van der Waals surface area contributed by atoms with Crippen LogP contribution in [0, 0.1) is 12.8 Å². The van der Waals surface area contributed by atoms with Crippen LogP contribution < -0.4 is 15.4 Å². The molecule has 1 aliphatic heterocycles. The Morgan fingerprint density at radius 2 is 1.67 bits per heavy atom. The van der Waals surface area contributed by atoms with E-state index in [-0.39, 0.29) is 53.2 Å². The number of nitrogens with zero attached hydrogens (tertiary/aromatic N) is 2. The lowest BCUT2D eigenvalue weighted by atomic mass is 9.99. The Bertz CT molecular complexity index is 1630. The molecule has 0 bridgehead atoms. The lowest BCUT2D eigenvalue weighted by molar-refractivity contribution is -0.137. The molecule has 0 unspecified atom stereocenters. The number of ether oxygens (including phenoxy) is 1. The standard InChI is InChI=1S/C31H35F3N4O6S/c1-19-5-12-25(13-6-19)45(42,43)37(4)17-28-20(2)16-38(21(3)18-39)29(40)26-15-24(11-14-27(26)44-28)36-30(41)35-23-9-7-22(8-10-23)31(32,33)34/h5-15,20-21,28,39H,16-18H2,1-4H3,(H2,35,36,41)/t20-,21+,28+/m1/s1. The van der Waals surface area contributed by atoms with E-state index in [1.807, 2.05) is 13.8 Å². The minimum Gasteiger partial charge on any atom is -0.488 e. The number of aryl methyl sites for hydroxylation is 1. The van der Waals surface area contributed by atoms with E-state index in [0.29, 0.717) is 0 Å². The number of carbonyl (C=O) groups is 2. The van der Waals surface area contributed by atoms with Crippen LogP contribution in [-0.2, 0) is 16.2 Å². The van der Waals surface area contributed by atoms with Gasteiger partial charge in [0.1, 0.15) is 11.9 Å². The first kappa shape index (κ1) is 33.7. The summed E-state index contributed by atoms with van der Waals surface area (Å²) in [4.78, 5) is 27.9. The maximum Gasteiger partial charge on any atom is 0.416 e. The monoisotopic (exact) mass is 648 g/mol. The molecule has 3 N–H and O–H groups in total. The highest BCUT2D eigenvalue weighted by atomic mass is 32.2. The fourth-order valence-corrected chi connectivity index (χ4v) is 5.98. The largest absolute Gasteiger partial charge is 0.488 e. The topological polar surface area (TPSA) is 128 Å². The Balaban J connectivity index is 1.58. The molecule has 0 spiro atoms. The first-order valence-electron chi connectivity index (χ1n) is 14.1. The number of hydrogen-bond donors (Lipinski definition) is 3. The van der Waals surface area contributed by atoms with Crippen molar-refractivity contribution in [2.45, 2.75) is 44.0 Å². The smallest absolute Gasteiger partial charge is 0.416 e. The van der Waals surface area contributed by atoms with Gasteiger partial charge < -0.3 is 25.4 Å². The number of anilines is 2. The summed E-state index contributed by atoms with van der Waals surface area (Å²) in [6.45, 7) is 5.14. The summed E-state index contributed by atoms with van der Waals surface area (Å²) < 4.78 is 72.6. The highest BCUT2D eigenvalue weighted by molar-refractivity contribution is 7.89. The molecule has 3 aromatic rings.